The van der Waals surface area contributed by atoms with Crippen molar-refractivity contribution in [3.63, 3.8) is 0 Å². The lowest BCUT2D eigenvalue weighted by Gasteiger charge is -2.11. The maximum atomic E-state index is 12.3. The summed E-state index contributed by atoms with van der Waals surface area (Å²) in [4.78, 5) is 23.7. The van der Waals surface area contributed by atoms with Crippen LogP contribution in [0.25, 0.3) is 0 Å². The van der Waals surface area contributed by atoms with Crippen molar-refractivity contribution in [2.75, 3.05) is 7.11 Å². The molecule has 1 saturated carbocycles. The molecule has 1 fully saturated rings. The second-order valence-electron chi connectivity index (χ2n) is 5.09. The summed E-state index contributed by atoms with van der Waals surface area (Å²) in [6, 6.07) is 4.89. The number of carbonyl (C=O) groups excluding carboxylic acids is 2. The van der Waals surface area contributed by atoms with Crippen LogP contribution >= 0.6 is 23.2 Å². The predicted molar refractivity (Wildman–Crippen MR) is 82.8 cm³/mol. The summed E-state index contributed by atoms with van der Waals surface area (Å²) in [5.74, 6) is -0.249. The van der Waals surface area contributed by atoms with Gasteiger partial charge in [0.1, 0.15) is 0 Å². The molecular formula is C16H16Cl2O3. The minimum absolute atomic E-state index is 0.0104. The van der Waals surface area contributed by atoms with Gasteiger partial charge in [0.25, 0.3) is 0 Å². The van der Waals surface area contributed by atoms with Gasteiger partial charge in [-0.1, -0.05) is 28.8 Å². The SMILES string of the molecule is COC(=O)/C=C1\CCC[C@H]1CC(=O)c1ccc(Cl)c(Cl)c1. The van der Waals surface area contributed by atoms with Crippen LogP contribution in [-0.4, -0.2) is 18.9 Å². The van der Waals surface area contributed by atoms with Crippen molar-refractivity contribution in [2.24, 2.45) is 5.92 Å². The maximum Gasteiger partial charge on any atom is 0.330 e. The Kier molecular flexibility index (Phi) is 5.43. The zero-order valence-electron chi connectivity index (χ0n) is 11.7. The number of allylic oxidation sites excluding steroid dienone is 1. The third-order valence-electron chi connectivity index (χ3n) is 3.72. The van der Waals surface area contributed by atoms with Crippen molar-refractivity contribution in [2.45, 2.75) is 25.7 Å². The molecule has 1 aromatic rings. The van der Waals surface area contributed by atoms with E-state index in [9.17, 15) is 9.59 Å². The number of Topliss-reactive ketones (excluding diaryl/α,β-unsaturated/α-hetero) is 1. The number of carbonyl (C=O) groups is 2. The van der Waals surface area contributed by atoms with Crippen molar-refractivity contribution in [1.82, 2.24) is 0 Å². The van der Waals surface area contributed by atoms with E-state index in [1.165, 1.54) is 13.2 Å². The monoisotopic (exact) mass is 326 g/mol. The minimum atomic E-state index is -0.362. The number of benzene rings is 1. The van der Waals surface area contributed by atoms with E-state index in [-0.39, 0.29) is 17.7 Å². The first-order valence-electron chi connectivity index (χ1n) is 6.78. The van der Waals surface area contributed by atoms with Crippen LogP contribution in [0.1, 0.15) is 36.0 Å². The second-order valence-corrected chi connectivity index (χ2v) is 5.90. The van der Waals surface area contributed by atoms with Crippen LogP contribution in [0.2, 0.25) is 10.0 Å². The van der Waals surface area contributed by atoms with Crippen molar-refractivity contribution in [3.05, 3.63) is 45.5 Å². The van der Waals surface area contributed by atoms with E-state index in [1.807, 2.05) is 0 Å². The van der Waals surface area contributed by atoms with Crippen molar-refractivity contribution in [3.8, 4) is 0 Å². The number of methoxy groups -OCH3 is 1. The fraction of sp³-hybridized carbons (Fsp3) is 0.375. The highest BCUT2D eigenvalue weighted by Gasteiger charge is 2.25. The summed E-state index contributed by atoms with van der Waals surface area (Å²) in [7, 11) is 1.35. The van der Waals surface area contributed by atoms with Gasteiger partial charge in [-0.2, -0.15) is 0 Å². The van der Waals surface area contributed by atoms with E-state index >= 15 is 0 Å². The van der Waals surface area contributed by atoms with Gasteiger partial charge < -0.3 is 4.74 Å². The van der Waals surface area contributed by atoms with Gasteiger partial charge in [-0.25, -0.2) is 4.79 Å². The Bertz CT molecular complexity index is 593. The Balaban J connectivity index is 2.09. The van der Waals surface area contributed by atoms with Gasteiger partial charge >= 0.3 is 5.97 Å². The molecule has 2 rings (SSSR count). The molecule has 0 amide bonds. The zero-order chi connectivity index (χ0) is 15.4. The van der Waals surface area contributed by atoms with Gasteiger partial charge in [-0.3, -0.25) is 4.79 Å². The minimum Gasteiger partial charge on any atom is -0.466 e. The summed E-state index contributed by atoms with van der Waals surface area (Å²) in [6.45, 7) is 0. The van der Waals surface area contributed by atoms with Gasteiger partial charge in [0.05, 0.1) is 17.2 Å². The first-order valence-corrected chi connectivity index (χ1v) is 7.53. The molecule has 1 aliphatic carbocycles. The lowest BCUT2D eigenvalue weighted by Crippen LogP contribution is -2.09. The molecule has 1 aliphatic rings. The standard InChI is InChI=1S/C16H16Cl2O3/c1-21-16(20)9-11-4-2-3-10(11)8-15(19)12-5-6-13(17)14(18)7-12/h5-7,9-10H,2-4,8H2,1H3/b11-9+/t10-/m0/s1. The first-order chi connectivity index (χ1) is 10.0. The fourth-order valence-electron chi connectivity index (χ4n) is 2.59. The maximum absolute atomic E-state index is 12.3. The van der Waals surface area contributed by atoms with Gasteiger partial charge in [-0.15, -0.1) is 0 Å². The quantitative estimate of drug-likeness (QED) is 0.466. The Morgan fingerprint density at radius 1 is 1.33 bits per heavy atom. The third kappa shape index (κ3) is 4.08. The van der Waals surface area contributed by atoms with Crippen molar-refractivity contribution < 1.29 is 14.3 Å². The highest BCUT2D eigenvalue weighted by Crippen LogP contribution is 2.34. The highest BCUT2D eigenvalue weighted by atomic mass is 35.5. The van der Waals surface area contributed by atoms with E-state index in [4.69, 9.17) is 23.2 Å². The van der Waals surface area contributed by atoms with Crippen molar-refractivity contribution in [1.29, 1.82) is 0 Å². The van der Waals surface area contributed by atoms with E-state index in [1.54, 1.807) is 18.2 Å². The summed E-state index contributed by atoms with van der Waals surface area (Å²) < 4.78 is 4.65. The Morgan fingerprint density at radius 2 is 2.10 bits per heavy atom. The number of hydrogen-bond donors (Lipinski definition) is 0. The molecule has 0 unspecified atom stereocenters. The van der Waals surface area contributed by atoms with E-state index in [0.29, 0.717) is 22.0 Å². The molecule has 0 aromatic heterocycles. The fourth-order valence-corrected chi connectivity index (χ4v) is 2.88. The summed E-state index contributed by atoms with van der Waals surface area (Å²) in [5, 5.41) is 0.805. The Morgan fingerprint density at radius 3 is 2.76 bits per heavy atom. The number of rotatable bonds is 4. The summed E-state index contributed by atoms with van der Waals surface area (Å²) >= 11 is 11.8. The Labute approximate surface area is 133 Å². The molecule has 1 aromatic carbocycles. The molecule has 5 heteroatoms. The number of ether oxygens (including phenoxy) is 1. The molecular weight excluding hydrogens is 311 g/mol. The van der Waals surface area contributed by atoms with Gasteiger partial charge in [0.15, 0.2) is 5.78 Å². The van der Waals surface area contributed by atoms with E-state index in [2.05, 4.69) is 4.74 Å². The molecule has 112 valence electrons. The van der Waals surface area contributed by atoms with Crippen LogP contribution in [0.5, 0.6) is 0 Å². The largest absolute Gasteiger partial charge is 0.466 e. The molecule has 0 bridgehead atoms. The predicted octanol–water partition coefficient (Wildman–Crippen LogP) is 4.47. The molecule has 0 spiro atoms. The van der Waals surface area contributed by atoms with E-state index < -0.39 is 0 Å². The smallest absolute Gasteiger partial charge is 0.330 e. The molecule has 1 atom stereocenters. The molecule has 21 heavy (non-hydrogen) atoms. The van der Waals surface area contributed by atoms with Gasteiger partial charge in [0, 0.05) is 18.1 Å². The molecule has 0 aliphatic heterocycles. The second kappa shape index (κ2) is 7.10. The molecule has 0 N–H and O–H groups in total. The third-order valence-corrected chi connectivity index (χ3v) is 4.46. The topological polar surface area (TPSA) is 43.4 Å². The zero-order valence-corrected chi connectivity index (χ0v) is 13.2. The van der Waals surface area contributed by atoms with Crippen molar-refractivity contribution >= 4 is 35.0 Å². The molecule has 0 heterocycles. The number of hydrogen-bond acceptors (Lipinski definition) is 3. The lowest BCUT2D eigenvalue weighted by molar-refractivity contribution is -0.134. The highest BCUT2D eigenvalue weighted by molar-refractivity contribution is 6.42. The van der Waals surface area contributed by atoms with E-state index in [0.717, 1.165) is 24.8 Å². The molecule has 0 saturated heterocycles. The molecule has 3 nitrogen and oxygen atoms in total. The van der Waals surface area contributed by atoms with Gasteiger partial charge in [0.2, 0.25) is 0 Å². The Hall–Kier alpha value is -1.32. The molecule has 0 radical (unpaired) electrons. The first kappa shape index (κ1) is 16.1. The van der Waals surface area contributed by atoms with Gasteiger partial charge in [-0.05, 0) is 43.4 Å². The average molecular weight is 327 g/mol. The number of esters is 1. The normalized spacial score (nSPS) is 19.8. The average Bonchev–Trinajstić information content (AvgIpc) is 2.88. The van der Waals surface area contributed by atoms with Crippen LogP contribution in [0.3, 0.4) is 0 Å². The van der Waals surface area contributed by atoms with Crippen LogP contribution in [0, 0.1) is 5.92 Å². The summed E-state index contributed by atoms with van der Waals surface area (Å²) in [5.41, 5.74) is 1.55. The van der Waals surface area contributed by atoms with Crippen LogP contribution < -0.4 is 0 Å². The summed E-state index contributed by atoms with van der Waals surface area (Å²) in [6.07, 6.45) is 4.63. The number of halogens is 2. The van der Waals surface area contributed by atoms with Crippen LogP contribution in [-0.2, 0) is 9.53 Å². The van der Waals surface area contributed by atoms with Crippen LogP contribution in [0.4, 0.5) is 0 Å². The number of ketones is 1. The lowest BCUT2D eigenvalue weighted by atomic mass is 9.93. The van der Waals surface area contributed by atoms with Crippen LogP contribution in [0.15, 0.2) is 29.8 Å².